The second-order valence-electron chi connectivity index (χ2n) is 4.00. The molecule has 2 rings (SSSR count). The van der Waals surface area contributed by atoms with Crippen LogP contribution < -0.4 is 14.8 Å². The van der Waals surface area contributed by atoms with E-state index >= 15 is 0 Å². The molecule has 0 spiro atoms. The van der Waals surface area contributed by atoms with Gasteiger partial charge in [-0.2, -0.15) is 0 Å². The molecule has 2 aromatic carbocycles. The second kappa shape index (κ2) is 6.96. The minimum absolute atomic E-state index is 0.0557. The summed E-state index contributed by atoms with van der Waals surface area (Å²) in [4.78, 5) is 11.7. The summed E-state index contributed by atoms with van der Waals surface area (Å²) in [6.07, 6.45) is 0. The molecule has 20 heavy (non-hydrogen) atoms. The highest BCUT2D eigenvalue weighted by Crippen LogP contribution is 2.29. The van der Waals surface area contributed by atoms with E-state index in [4.69, 9.17) is 9.47 Å². The Kier molecular flexibility index (Phi) is 5.01. The van der Waals surface area contributed by atoms with E-state index in [9.17, 15) is 4.79 Å². The number of rotatable bonds is 5. The van der Waals surface area contributed by atoms with Gasteiger partial charge >= 0.3 is 0 Å². The Hall–Kier alpha value is -2.01. The molecule has 0 saturated carbocycles. The van der Waals surface area contributed by atoms with E-state index in [-0.39, 0.29) is 12.5 Å². The van der Waals surface area contributed by atoms with Gasteiger partial charge in [-0.15, -0.1) is 0 Å². The van der Waals surface area contributed by atoms with Crippen LogP contribution in [-0.2, 0) is 4.79 Å². The average Bonchev–Trinajstić information content (AvgIpc) is 2.47. The molecule has 0 aliphatic heterocycles. The van der Waals surface area contributed by atoms with E-state index in [1.165, 1.54) is 0 Å². The molecule has 1 amide bonds. The molecule has 0 aromatic heterocycles. The molecular weight excluding hydrogens is 322 g/mol. The minimum Gasteiger partial charge on any atom is -0.497 e. The number of amides is 1. The number of carbonyl (C=O) groups excluding carboxylic acids is 1. The normalized spacial score (nSPS) is 9.90. The third-order valence-electron chi connectivity index (χ3n) is 2.56. The number of halogens is 1. The van der Waals surface area contributed by atoms with Gasteiger partial charge in [0.15, 0.2) is 6.61 Å². The number of nitrogens with one attached hydrogen (secondary N) is 1. The summed E-state index contributed by atoms with van der Waals surface area (Å²) in [6, 6.07) is 14.6. The zero-order chi connectivity index (χ0) is 14.4. The van der Waals surface area contributed by atoms with Gasteiger partial charge in [0, 0.05) is 5.69 Å². The van der Waals surface area contributed by atoms with Crippen molar-refractivity contribution in [2.24, 2.45) is 0 Å². The van der Waals surface area contributed by atoms with Crippen LogP contribution in [0.4, 0.5) is 5.69 Å². The Balaban J connectivity index is 1.90. The molecule has 0 fully saturated rings. The molecule has 2 aromatic rings. The van der Waals surface area contributed by atoms with Crippen molar-refractivity contribution in [2.45, 2.75) is 0 Å². The van der Waals surface area contributed by atoms with Crippen molar-refractivity contribution in [1.82, 2.24) is 0 Å². The highest BCUT2D eigenvalue weighted by atomic mass is 79.9. The first kappa shape index (κ1) is 14.4. The van der Waals surface area contributed by atoms with Crippen molar-refractivity contribution in [3.63, 3.8) is 0 Å². The standard InChI is InChI=1S/C15H14BrNO3/c1-19-12-7-8-14(13(16)9-12)20-10-15(18)17-11-5-3-2-4-6-11/h2-9H,10H2,1H3,(H,17,18). The van der Waals surface area contributed by atoms with Crippen molar-refractivity contribution in [1.29, 1.82) is 0 Å². The second-order valence-corrected chi connectivity index (χ2v) is 4.85. The lowest BCUT2D eigenvalue weighted by molar-refractivity contribution is -0.118. The molecule has 0 saturated heterocycles. The van der Waals surface area contributed by atoms with Crippen molar-refractivity contribution < 1.29 is 14.3 Å². The van der Waals surface area contributed by atoms with Crippen LogP contribution in [0.1, 0.15) is 0 Å². The molecule has 0 atom stereocenters. The van der Waals surface area contributed by atoms with E-state index < -0.39 is 0 Å². The topological polar surface area (TPSA) is 47.6 Å². The Bertz CT molecular complexity index is 587. The van der Waals surface area contributed by atoms with Gasteiger partial charge in [-0.3, -0.25) is 4.79 Å². The molecule has 5 heteroatoms. The van der Waals surface area contributed by atoms with Crippen LogP contribution >= 0.6 is 15.9 Å². The van der Waals surface area contributed by atoms with E-state index in [1.54, 1.807) is 25.3 Å². The van der Waals surface area contributed by atoms with Crippen LogP contribution in [0.2, 0.25) is 0 Å². The first-order valence-electron chi connectivity index (χ1n) is 6.00. The van der Waals surface area contributed by atoms with Crippen LogP contribution in [0, 0.1) is 0 Å². The van der Waals surface area contributed by atoms with E-state index in [1.807, 2.05) is 30.3 Å². The van der Waals surface area contributed by atoms with Crippen LogP contribution in [-0.4, -0.2) is 19.6 Å². The van der Waals surface area contributed by atoms with Crippen LogP contribution in [0.15, 0.2) is 53.0 Å². The first-order valence-corrected chi connectivity index (χ1v) is 6.79. The van der Waals surface area contributed by atoms with Crippen molar-refractivity contribution in [3.8, 4) is 11.5 Å². The molecule has 0 heterocycles. The SMILES string of the molecule is COc1ccc(OCC(=O)Nc2ccccc2)c(Br)c1. The van der Waals surface area contributed by atoms with Gasteiger partial charge in [-0.1, -0.05) is 18.2 Å². The summed E-state index contributed by atoms with van der Waals surface area (Å²) in [5.41, 5.74) is 0.745. The number of benzene rings is 2. The summed E-state index contributed by atoms with van der Waals surface area (Å²) in [6.45, 7) is -0.0557. The van der Waals surface area contributed by atoms with E-state index in [0.717, 1.165) is 15.9 Å². The summed E-state index contributed by atoms with van der Waals surface area (Å²) in [5.74, 6) is 1.10. The molecule has 4 nitrogen and oxygen atoms in total. The Morgan fingerprint density at radius 3 is 2.60 bits per heavy atom. The molecule has 0 unspecified atom stereocenters. The van der Waals surface area contributed by atoms with Gasteiger partial charge in [-0.25, -0.2) is 0 Å². The molecule has 0 aliphatic rings. The average molecular weight is 336 g/mol. The molecule has 1 N–H and O–H groups in total. The monoisotopic (exact) mass is 335 g/mol. The van der Waals surface area contributed by atoms with E-state index in [0.29, 0.717) is 5.75 Å². The number of hydrogen-bond donors (Lipinski definition) is 1. The summed E-state index contributed by atoms with van der Waals surface area (Å²) >= 11 is 3.37. The maximum atomic E-state index is 11.7. The maximum absolute atomic E-state index is 11.7. The van der Waals surface area contributed by atoms with Gasteiger partial charge < -0.3 is 14.8 Å². The smallest absolute Gasteiger partial charge is 0.262 e. The number of methoxy groups -OCH3 is 1. The van der Waals surface area contributed by atoms with Crippen molar-refractivity contribution in [2.75, 3.05) is 19.0 Å². The third-order valence-corrected chi connectivity index (χ3v) is 3.18. The highest BCUT2D eigenvalue weighted by molar-refractivity contribution is 9.10. The number of anilines is 1. The lowest BCUT2D eigenvalue weighted by Crippen LogP contribution is -2.20. The highest BCUT2D eigenvalue weighted by Gasteiger charge is 2.07. The number of hydrogen-bond acceptors (Lipinski definition) is 3. The van der Waals surface area contributed by atoms with Crippen molar-refractivity contribution in [3.05, 3.63) is 53.0 Å². The lowest BCUT2D eigenvalue weighted by atomic mass is 10.3. The van der Waals surface area contributed by atoms with Gasteiger partial charge in [-0.05, 0) is 46.3 Å². The number of para-hydroxylation sites is 1. The summed E-state index contributed by atoms with van der Waals surface area (Å²) in [7, 11) is 1.59. The van der Waals surface area contributed by atoms with Gasteiger partial charge in [0.1, 0.15) is 11.5 Å². The Morgan fingerprint density at radius 2 is 1.95 bits per heavy atom. The quantitative estimate of drug-likeness (QED) is 0.909. The summed E-state index contributed by atoms with van der Waals surface area (Å²) < 4.78 is 11.3. The third kappa shape index (κ3) is 3.99. The lowest BCUT2D eigenvalue weighted by Gasteiger charge is -2.09. The predicted octanol–water partition coefficient (Wildman–Crippen LogP) is 3.48. The molecule has 0 bridgehead atoms. The van der Waals surface area contributed by atoms with Crippen molar-refractivity contribution >= 4 is 27.5 Å². The zero-order valence-corrected chi connectivity index (χ0v) is 12.5. The van der Waals surface area contributed by atoms with Gasteiger partial charge in [0.2, 0.25) is 0 Å². The van der Waals surface area contributed by atoms with Gasteiger partial charge in [0.05, 0.1) is 11.6 Å². The summed E-state index contributed by atoms with van der Waals surface area (Å²) in [5, 5.41) is 2.75. The number of carbonyl (C=O) groups is 1. The maximum Gasteiger partial charge on any atom is 0.262 e. The first-order chi connectivity index (χ1) is 9.69. The molecule has 0 radical (unpaired) electrons. The van der Waals surface area contributed by atoms with Crippen LogP contribution in [0.5, 0.6) is 11.5 Å². The fraction of sp³-hybridized carbons (Fsp3) is 0.133. The Morgan fingerprint density at radius 1 is 1.20 bits per heavy atom. The van der Waals surface area contributed by atoms with E-state index in [2.05, 4.69) is 21.2 Å². The molecule has 0 aliphatic carbocycles. The molecular formula is C15H14BrNO3. The van der Waals surface area contributed by atoms with Crippen LogP contribution in [0.3, 0.4) is 0 Å². The fourth-order valence-electron chi connectivity index (χ4n) is 1.59. The predicted molar refractivity (Wildman–Crippen MR) is 81.3 cm³/mol. The number of ether oxygens (including phenoxy) is 2. The fourth-order valence-corrected chi connectivity index (χ4v) is 2.06. The minimum atomic E-state index is -0.209. The zero-order valence-electron chi connectivity index (χ0n) is 10.9. The van der Waals surface area contributed by atoms with Crippen LogP contribution in [0.25, 0.3) is 0 Å². The Labute approximate surface area is 125 Å². The van der Waals surface area contributed by atoms with Gasteiger partial charge in [0.25, 0.3) is 5.91 Å². The largest absolute Gasteiger partial charge is 0.497 e. The molecule has 104 valence electrons.